The first-order chi connectivity index (χ1) is 13.6. The largest absolute Gasteiger partial charge is 0.363 e. The van der Waals surface area contributed by atoms with Crippen LogP contribution in [0.4, 0.5) is 14.5 Å². The lowest BCUT2D eigenvalue weighted by molar-refractivity contribution is 0.578. The highest BCUT2D eigenvalue weighted by Gasteiger charge is 2.12. The van der Waals surface area contributed by atoms with E-state index >= 15 is 0 Å². The Labute approximate surface area is 166 Å². The average molecular weight is 395 g/mol. The molecule has 0 aliphatic carbocycles. The summed E-state index contributed by atoms with van der Waals surface area (Å²) in [5.74, 6) is -1.14. The standard InChI is InChI=1S/C22H19F2N3S/c1-28-20-5-2-15(3-6-20)12-27(13-16-8-17(23)10-18(24)9-16)19-4-7-21-22(11-19)26-14-25-21/h2-11,14H,12-13H2,1H3,(H,25,26). The number of fused-ring (bicyclic) bond motifs is 1. The first kappa shape index (κ1) is 18.5. The molecule has 3 aromatic carbocycles. The number of imidazole rings is 1. The molecule has 0 aliphatic rings. The molecule has 142 valence electrons. The van der Waals surface area contributed by atoms with Crippen LogP contribution in [0.25, 0.3) is 11.0 Å². The molecular formula is C22H19F2N3S. The lowest BCUT2D eigenvalue weighted by Crippen LogP contribution is -2.22. The fourth-order valence-corrected chi connectivity index (χ4v) is 3.64. The number of anilines is 1. The smallest absolute Gasteiger partial charge is 0.126 e. The van der Waals surface area contributed by atoms with E-state index in [4.69, 9.17) is 0 Å². The molecule has 0 spiro atoms. The Morgan fingerprint density at radius 2 is 1.61 bits per heavy atom. The van der Waals surface area contributed by atoms with Crippen molar-refractivity contribution in [3.63, 3.8) is 0 Å². The zero-order valence-electron chi connectivity index (χ0n) is 15.3. The summed E-state index contributed by atoms with van der Waals surface area (Å²) in [6, 6.07) is 17.9. The van der Waals surface area contributed by atoms with E-state index in [2.05, 4.69) is 39.1 Å². The van der Waals surface area contributed by atoms with Crippen LogP contribution in [0.3, 0.4) is 0 Å². The van der Waals surface area contributed by atoms with Gasteiger partial charge in [-0.25, -0.2) is 13.8 Å². The van der Waals surface area contributed by atoms with E-state index in [1.54, 1.807) is 18.1 Å². The summed E-state index contributed by atoms with van der Waals surface area (Å²) in [5, 5.41) is 0. The molecule has 4 aromatic rings. The van der Waals surface area contributed by atoms with Crippen molar-refractivity contribution in [1.29, 1.82) is 0 Å². The first-order valence-electron chi connectivity index (χ1n) is 8.87. The van der Waals surface area contributed by atoms with E-state index in [0.717, 1.165) is 28.4 Å². The minimum atomic E-state index is -0.568. The second kappa shape index (κ2) is 8.02. The molecule has 0 atom stereocenters. The van der Waals surface area contributed by atoms with Gasteiger partial charge in [0.05, 0.1) is 17.4 Å². The second-order valence-corrected chi connectivity index (χ2v) is 7.47. The van der Waals surface area contributed by atoms with Crippen molar-refractivity contribution in [1.82, 2.24) is 9.97 Å². The van der Waals surface area contributed by atoms with Gasteiger partial charge in [-0.15, -0.1) is 11.8 Å². The Bertz CT molecular complexity index is 1070. The fraction of sp³-hybridized carbons (Fsp3) is 0.136. The third-order valence-corrected chi connectivity index (χ3v) is 5.34. The normalized spacial score (nSPS) is 11.1. The molecule has 0 radical (unpaired) electrons. The number of thioether (sulfide) groups is 1. The lowest BCUT2D eigenvalue weighted by Gasteiger charge is -2.25. The number of nitrogens with one attached hydrogen (secondary N) is 1. The molecule has 4 rings (SSSR count). The van der Waals surface area contributed by atoms with Crippen molar-refractivity contribution >= 4 is 28.5 Å². The topological polar surface area (TPSA) is 31.9 Å². The van der Waals surface area contributed by atoms with E-state index in [0.29, 0.717) is 18.7 Å². The highest BCUT2D eigenvalue weighted by atomic mass is 32.2. The van der Waals surface area contributed by atoms with Crippen LogP contribution in [0.5, 0.6) is 0 Å². The Kier molecular flexibility index (Phi) is 5.30. The highest BCUT2D eigenvalue weighted by Crippen LogP contribution is 2.25. The average Bonchev–Trinajstić information content (AvgIpc) is 3.15. The Balaban J connectivity index is 1.68. The minimum Gasteiger partial charge on any atom is -0.363 e. The van der Waals surface area contributed by atoms with Gasteiger partial charge in [-0.3, -0.25) is 0 Å². The molecule has 0 bridgehead atoms. The summed E-state index contributed by atoms with van der Waals surface area (Å²) in [4.78, 5) is 10.7. The third kappa shape index (κ3) is 4.17. The zero-order valence-corrected chi connectivity index (χ0v) is 16.1. The fourth-order valence-electron chi connectivity index (χ4n) is 3.23. The first-order valence-corrected chi connectivity index (χ1v) is 10.1. The number of nitrogens with zero attached hydrogens (tertiary/aromatic N) is 2. The van der Waals surface area contributed by atoms with Crippen LogP contribution in [0.1, 0.15) is 11.1 Å². The number of hydrogen-bond acceptors (Lipinski definition) is 3. The van der Waals surface area contributed by atoms with Gasteiger partial charge in [-0.2, -0.15) is 0 Å². The minimum absolute atomic E-state index is 0.384. The Hall–Kier alpha value is -2.86. The van der Waals surface area contributed by atoms with Crippen molar-refractivity contribution in [2.24, 2.45) is 0 Å². The molecule has 0 fully saturated rings. The van der Waals surface area contributed by atoms with Crippen molar-refractivity contribution < 1.29 is 8.78 Å². The van der Waals surface area contributed by atoms with Crippen molar-refractivity contribution in [3.8, 4) is 0 Å². The lowest BCUT2D eigenvalue weighted by atomic mass is 10.1. The van der Waals surface area contributed by atoms with Crippen LogP contribution in [0, 0.1) is 11.6 Å². The molecule has 0 saturated carbocycles. The summed E-state index contributed by atoms with van der Waals surface area (Å²) in [6.45, 7) is 0.998. The maximum absolute atomic E-state index is 13.7. The number of hydrogen-bond donors (Lipinski definition) is 1. The van der Waals surface area contributed by atoms with Crippen molar-refractivity contribution in [2.75, 3.05) is 11.2 Å². The number of H-pyrrole nitrogens is 1. The molecule has 0 amide bonds. The van der Waals surface area contributed by atoms with Crippen molar-refractivity contribution in [3.05, 3.63) is 89.8 Å². The van der Waals surface area contributed by atoms with Gasteiger partial charge in [0.2, 0.25) is 0 Å². The predicted octanol–water partition coefficient (Wildman–Crippen LogP) is 5.77. The molecule has 0 aliphatic heterocycles. The Morgan fingerprint density at radius 3 is 2.32 bits per heavy atom. The molecule has 0 unspecified atom stereocenters. The van der Waals surface area contributed by atoms with E-state index < -0.39 is 11.6 Å². The maximum atomic E-state index is 13.7. The summed E-state index contributed by atoms with van der Waals surface area (Å²) >= 11 is 1.69. The molecule has 0 saturated heterocycles. The molecule has 1 N–H and O–H groups in total. The van der Waals surface area contributed by atoms with Crippen LogP contribution >= 0.6 is 11.8 Å². The quantitative estimate of drug-likeness (QED) is 0.421. The molecule has 1 heterocycles. The number of aromatic nitrogens is 2. The number of aromatic amines is 1. The monoisotopic (exact) mass is 395 g/mol. The van der Waals surface area contributed by atoms with E-state index in [1.165, 1.54) is 17.0 Å². The summed E-state index contributed by atoms with van der Waals surface area (Å²) in [6.07, 6.45) is 3.70. The van der Waals surface area contributed by atoms with Crippen LogP contribution < -0.4 is 4.90 Å². The molecular weight excluding hydrogens is 376 g/mol. The second-order valence-electron chi connectivity index (χ2n) is 6.59. The van der Waals surface area contributed by atoms with E-state index in [9.17, 15) is 8.78 Å². The van der Waals surface area contributed by atoms with Gasteiger partial charge in [0, 0.05) is 29.7 Å². The summed E-state index contributed by atoms with van der Waals surface area (Å²) < 4.78 is 27.4. The summed E-state index contributed by atoms with van der Waals surface area (Å²) in [7, 11) is 0. The predicted molar refractivity (Wildman–Crippen MR) is 111 cm³/mol. The molecule has 28 heavy (non-hydrogen) atoms. The van der Waals surface area contributed by atoms with Gasteiger partial charge < -0.3 is 9.88 Å². The maximum Gasteiger partial charge on any atom is 0.126 e. The van der Waals surface area contributed by atoms with Gasteiger partial charge >= 0.3 is 0 Å². The van der Waals surface area contributed by atoms with Crippen LogP contribution in [0.2, 0.25) is 0 Å². The number of rotatable bonds is 6. The van der Waals surface area contributed by atoms with Crippen LogP contribution in [-0.4, -0.2) is 16.2 Å². The number of halogens is 2. The van der Waals surface area contributed by atoms with Crippen LogP contribution in [0.15, 0.2) is 71.9 Å². The third-order valence-electron chi connectivity index (χ3n) is 4.60. The highest BCUT2D eigenvalue weighted by molar-refractivity contribution is 7.98. The van der Waals surface area contributed by atoms with E-state index in [1.807, 2.05) is 24.5 Å². The Morgan fingerprint density at radius 1 is 0.893 bits per heavy atom. The van der Waals surface area contributed by atoms with Gasteiger partial charge in [-0.1, -0.05) is 12.1 Å². The molecule has 1 aromatic heterocycles. The molecule has 6 heteroatoms. The summed E-state index contributed by atoms with van der Waals surface area (Å²) in [5.41, 5.74) is 4.45. The van der Waals surface area contributed by atoms with E-state index in [-0.39, 0.29) is 0 Å². The van der Waals surface area contributed by atoms with Crippen LogP contribution in [-0.2, 0) is 13.1 Å². The van der Waals surface area contributed by atoms with Gasteiger partial charge in [-0.05, 0) is 59.8 Å². The van der Waals surface area contributed by atoms with Gasteiger partial charge in [0.15, 0.2) is 0 Å². The van der Waals surface area contributed by atoms with Crippen molar-refractivity contribution in [2.45, 2.75) is 18.0 Å². The van der Waals surface area contributed by atoms with Gasteiger partial charge in [0.25, 0.3) is 0 Å². The SMILES string of the molecule is CSc1ccc(CN(Cc2cc(F)cc(F)c2)c2ccc3[nH]cnc3c2)cc1. The number of benzene rings is 3. The zero-order chi connectivity index (χ0) is 19.5. The van der Waals surface area contributed by atoms with Gasteiger partial charge in [0.1, 0.15) is 11.6 Å². The molecule has 3 nitrogen and oxygen atoms in total.